The van der Waals surface area contributed by atoms with Crippen LogP contribution in [0.2, 0.25) is 0 Å². The van der Waals surface area contributed by atoms with Crippen LogP contribution in [0.3, 0.4) is 0 Å². The number of H-pyrrole nitrogens is 1. The molecule has 1 aromatic carbocycles. The fraction of sp³-hybridized carbons (Fsp3) is 0. The quantitative estimate of drug-likeness (QED) is 0.513. The van der Waals surface area contributed by atoms with Crippen LogP contribution < -0.4 is 6.15 Å². The van der Waals surface area contributed by atoms with Gasteiger partial charge in [-0.2, -0.15) is 15.4 Å². The van der Waals surface area contributed by atoms with E-state index in [4.69, 9.17) is 5.11 Å². The molecule has 7 N–H and O–H groups in total. The van der Waals surface area contributed by atoms with Gasteiger partial charge in [0.15, 0.2) is 5.52 Å². The van der Waals surface area contributed by atoms with Crippen molar-refractivity contribution >= 4 is 11.0 Å². The first-order chi connectivity index (χ1) is 4.88. The summed E-state index contributed by atoms with van der Waals surface area (Å²) in [4.78, 5) is 0. The minimum atomic E-state index is 0. The number of phenols is 1. The third kappa shape index (κ3) is 1.34. The zero-order valence-electron chi connectivity index (χ0n) is 6.28. The highest BCUT2D eigenvalue weighted by Crippen LogP contribution is 2.18. The number of benzene rings is 1. The minimum Gasteiger partial charge on any atom is -0.506 e. The zero-order valence-corrected chi connectivity index (χ0v) is 6.28. The van der Waals surface area contributed by atoms with Crippen molar-refractivity contribution in [3.05, 3.63) is 18.2 Å². The highest BCUT2D eigenvalue weighted by Gasteiger charge is 1.99. The van der Waals surface area contributed by atoms with Crippen molar-refractivity contribution in [2.45, 2.75) is 0 Å². The second kappa shape index (κ2) is 3.65. The van der Waals surface area contributed by atoms with Crippen molar-refractivity contribution in [1.82, 2.24) is 21.6 Å². The number of hydrogen-bond donors (Lipinski definition) is 3. The van der Waals surface area contributed by atoms with E-state index in [1.54, 1.807) is 18.2 Å². The summed E-state index contributed by atoms with van der Waals surface area (Å²) in [5.41, 5.74) is 1.20. The first kappa shape index (κ1) is 10.3. The van der Waals surface area contributed by atoms with E-state index >= 15 is 0 Å². The Morgan fingerprint density at radius 1 is 1.25 bits per heavy atom. The topological polar surface area (TPSA) is 128 Å². The highest BCUT2D eigenvalue weighted by molar-refractivity contribution is 5.79. The van der Waals surface area contributed by atoms with Gasteiger partial charge in [0.1, 0.15) is 11.3 Å². The lowest BCUT2D eigenvalue weighted by atomic mass is 10.3. The van der Waals surface area contributed by atoms with Crippen LogP contribution in [0.25, 0.3) is 11.0 Å². The van der Waals surface area contributed by atoms with Gasteiger partial charge in [0.2, 0.25) is 0 Å². The van der Waals surface area contributed by atoms with E-state index in [1.807, 2.05) is 0 Å². The van der Waals surface area contributed by atoms with E-state index in [0.29, 0.717) is 11.0 Å². The average Bonchev–Trinajstić information content (AvgIpc) is 2.36. The van der Waals surface area contributed by atoms with E-state index < -0.39 is 0 Å². The van der Waals surface area contributed by atoms with Gasteiger partial charge >= 0.3 is 0 Å². The predicted octanol–water partition coefficient (Wildman–Crippen LogP) is 0.000800. The number of rotatable bonds is 0. The van der Waals surface area contributed by atoms with E-state index in [0.717, 1.165) is 0 Å². The average molecular weight is 170 g/mol. The molecule has 0 bridgehead atoms. The molecule has 0 unspecified atom stereocenters. The normalized spacial score (nSPS) is 8.67. The largest absolute Gasteiger partial charge is 0.506 e. The van der Waals surface area contributed by atoms with Gasteiger partial charge in [-0.1, -0.05) is 6.07 Å². The molecule has 2 aromatic rings. The fourth-order valence-electron chi connectivity index (χ4n) is 0.853. The molecule has 6 heteroatoms. The number of fused-ring (bicyclic) bond motifs is 1. The van der Waals surface area contributed by atoms with Gasteiger partial charge in [-0.25, -0.2) is 0 Å². The molecule has 1 aromatic heterocycles. The smallest absolute Gasteiger partial charge is 0.154 e. The van der Waals surface area contributed by atoms with Crippen LogP contribution in [-0.4, -0.2) is 26.0 Å². The van der Waals surface area contributed by atoms with Gasteiger partial charge in [-0.3, -0.25) is 0 Å². The number of aromatic amines is 1. The molecule has 0 spiro atoms. The molecule has 0 saturated heterocycles. The second-order valence-corrected chi connectivity index (χ2v) is 1.97. The SMILES string of the molecule is N.O.Oc1cccc2n[nH]nc12. The standard InChI is InChI=1S/C6H5N3O.H3N.H2O/c10-5-3-1-2-4-6(5)8-9-7-4;;/h1-3,10H,(H,7,8,9);1H3;1H2. The number of para-hydroxylation sites is 1. The Morgan fingerprint density at radius 2 is 2.00 bits per heavy atom. The third-order valence-electron chi connectivity index (χ3n) is 1.33. The van der Waals surface area contributed by atoms with Gasteiger partial charge < -0.3 is 16.7 Å². The van der Waals surface area contributed by atoms with Crippen LogP contribution in [0.4, 0.5) is 0 Å². The zero-order chi connectivity index (χ0) is 6.97. The molecule has 1 heterocycles. The van der Waals surface area contributed by atoms with E-state index in [1.165, 1.54) is 0 Å². The van der Waals surface area contributed by atoms with E-state index in [9.17, 15) is 0 Å². The molecule has 0 fully saturated rings. The molecule has 0 aliphatic carbocycles. The maximum atomic E-state index is 9.14. The monoisotopic (exact) mass is 170 g/mol. The Kier molecular flexibility index (Phi) is 3.15. The van der Waals surface area contributed by atoms with Crippen molar-refractivity contribution in [3.63, 3.8) is 0 Å². The molecule has 66 valence electrons. The molecule has 0 aliphatic heterocycles. The molecule has 0 radical (unpaired) electrons. The van der Waals surface area contributed by atoms with Gasteiger partial charge in [-0.05, 0) is 12.1 Å². The molecule has 0 aliphatic rings. The number of hydrogen-bond acceptors (Lipinski definition) is 4. The van der Waals surface area contributed by atoms with Crippen LogP contribution in [-0.2, 0) is 0 Å². The number of aromatic hydroxyl groups is 1. The minimum absolute atomic E-state index is 0. The van der Waals surface area contributed by atoms with Gasteiger partial charge in [0.05, 0.1) is 0 Å². The summed E-state index contributed by atoms with van der Waals surface area (Å²) in [6, 6.07) is 5.07. The fourth-order valence-corrected chi connectivity index (χ4v) is 0.853. The molecule has 6 nitrogen and oxygen atoms in total. The summed E-state index contributed by atoms with van der Waals surface area (Å²) < 4.78 is 0. The van der Waals surface area contributed by atoms with Crippen molar-refractivity contribution in [3.8, 4) is 5.75 Å². The van der Waals surface area contributed by atoms with Crippen LogP contribution in [0.5, 0.6) is 5.75 Å². The summed E-state index contributed by atoms with van der Waals surface area (Å²) in [5.74, 6) is 0.159. The first-order valence-electron chi connectivity index (χ1n) is 2.86. The van der Waals surface area contributed by atoms with E-state index in [2.05, 4.69) is 15.4 Å². The summed E-state index contributed by atoms with van der Waals surface area (Å²) in [6.45, 7) is 0. The number of nitrogens with one attached hydrogen (secondary N) is 1. The molecular weight excluding hydrogens is 160 g/mol. The molecule has 0 amide bonds. The van der Waals surface area contributed by atoms with Crippen molar-refractivity contribution in [2.75, 3.05) is 0 Å². The van der Waals surface area contributed by atoms with Crippen LogP contribution in [0.15, 0.2) is 18.2 Å². The Balaban J connectivity index is 0.000000605. The van der Waals surface area contributed by atoms with Crippen molar-refractivity contribution in [1.29, 1.82) is 0 Å². The highest BCUT2D eigenvalue weighted by atomic mass is 16.3. The van der Waals surface area contributed by atoms with E-state index in [-0.39, 0.29) is 17.4 Å². The first-order valence-corrected chi connectivity index (χ1v) is 2.86. The summed E-state index contributed by atoms with van der Waals surface area (Å²) in [6.07, 6.45) is 0. The maximum Gasteiger partial charge on any atom is 0.154 e. The van der Waals surface area contributed by atoms with Crippen molar-refractivity contribution in [2.24, 2.45) is 0 Å². The lowest BCUT2D eigenvalue weighted by molar-refractivity contribution is 0.480. The summed E-state index contributed by atoms with van der Waals surface area (Å²) in [7, 11) is 0. The van der Waals surface area contributed by atoms with Gasteiger partial charge in [0, 0.05) is 0 Å². The molecule has 12 heavy (non-hydrogen) atoms. The molecular formula is C6H10N4O2. The molecule has 0 atom stereocenters. The van der Waals surface area contributed by atoms with Crippen LogP contribution in [0, 0.1) is 0 Å². The Bertz CT molecular complexity index is 359. The van der Waals surface area contributed by atoms with Crippen molar-refractivity contribution < 1.29 is 10.6 Å². The third-order valence-corrected chi connectivity index (χ3v) is 1.33. The summed E-state index contributed by atoms with van der Waals surface area (Å²) >= 11 is 0. The van der Waals surface area contributed by atoms with Gasteiger partial charge in [-0.15, -0.1) is 0 Å². The molecule has 2 rings (SSSR count). The lowest BCUT2D eigenvalue weighted by Crippen LogP contribution is -1.68. The Hall–Kier alpha value is -1.66. The Morgan fingerprint density at radius 3 is 2.67 bits per heavy atom. The molecule has 0 saturated carbocycles. The lowest BCUT2D eigenvalue weighted by Gasteiger charge is -1.87. The van der Waals surface area contributed by atoms with Crippen LogP contribution >= 0.6 is 0 Å². The van der Waals surface area contributed by atoms with Gasteiger partial charge in [0.25, 0.3) is 0 Å². The Labute approximate surface area is 68.1 Å². The van der Waals surface area contributed by atoms with Crippen LogP contribution in [0.1, 0.15) is 0 Å². The summed E-state index contributed by atoms with van der Waals surface area (Å²) in [5, 5.41) is 19.1. The number of phenolic OH excluding ortho intramolecular Hbond substituents is 1. The number of aromatic nitrogens is 3. The number of nitrogens with zero attached hydrogens (tertiary/aromatic N) is 2. The second-order valence-electron chi connectivity index (χ2n) is 1.97. The maximum absolute atomic E-state index is 9.14. The predicted molar refractivity (Wildman–Crippen MR) is 44.2 cm³/mol.